The summed E-state index contributed by atoms with van der Waals surface area (Å²) < 4.78 is 10.9. The number of furan rings is 2. The molecular weight excluding hydrogens is 340 g/mol. The Morgan fingerprint density at radius 1 is 0.926 bits per heavy atom. The summed E-state index contributed by atoms with van der Waals surface area (Å²) in [6.45, 7) is 2.10. The Balaban J connectivity index is 1.35. The van der Waals surface area contributed by atoms with Crippen LogP contribution in [-0.2, 0) is 23.3 Å². The maximum absolute atomic E-state index is 12.6. The molecule has 2 aromatic heterocycles. The molecule has 1 aliphatic rings. The molecule has 2 heterocycles. The second-order valence-corrected chi connectivity index (χ2v) is 7.23. The molecule has 27 heavy (non-hydrogen) atoms. The van der Waals surface area contributed by atoms with E-state index in [-0.39, 0.29) is 11.3 Å². The van der Waals surface area contributed by atoms with Gasteiger partial charge in [0.25, 0.3) is 0 Å². The topological polar surface area (TPSA) is 58.6 Å². The Hall–Kier alpha value is -2.79. The Bertz CT molecular complexity index is 801. The van der Waals surface area contributed by atoms with Crippen LogP contribution in [0.3, 0.4) is 0 Å². The van der Waals surface area contributed by atoms with Crippen molar-refractivity contribution in [3.8, 4) is 0 Å². The molecule has 0 saturated heterocycles. The zero-order valence-electron chi connectivity index (χ0n) is 15.3. The van der Waals surface area contributed by atoms with Crippen molar-refractivity contribution in [2.45, 2.75) is 31.3 Å². The summed E-state index contributed by atoms with van der Waals surface area (Å²) in [5.74, 6) is 1.69. The van der Waals surface area contributed by atoms with Gasteiger partial charge in [-0.1, -0.05) is 30.3 Å². The molecule has 0 bridgehead atoms. The molecule has 140 valence electrons. The summed E-state index contributed by atoms with van der Waals surface area (Å²) in [7, 11) is 0. The Morgan fingerprint density at radius 3 is 2.07 bits per heavy atom. The molecule has 0 unspecified atom stereocenters. The van der Waals surface area contributed by atoms with Gasteiger partial charge in [0.1, 0.15) is 11.5 Å². The van der Waals surface area contributed by atoms with Crippen molar-refractivity contribution in [2.24, 2.45) is 0 Å². The molecule has 1 aromatic carbocycles. The average molecular weight is 364 g/mol. The first-order chi connectivity index (χ1) is 13.2. The van der Waals surface area contributed by atoms with Crippen LogP contribution in [0.1, 0.15) is 29.9 Å². The van der Waals surface area contributed by atoms with Crippen molar-refractivity contribution >= 4 is 5.91 Å². The summed E-state index contributed by atoms with van der Waals surface area (Å²) in [5.41, 5.74) is 1.43. The van der Waals surface area contributed by atoms with E-state index >= 15 is 0 Å². The summed E-state index contributed by atoms with van der Waals surface area (Å²) in [6, 6.07) is 18.0. The minimum absolute atomic E-state index is 0.0234. The number of carbonyl (C=O) groups excluding carboxylic acids is 1. The van der Waals surface area contributed by atoms with Crippen LogP contribution >= 0.6 is 0 Å². The Kier molecular flexibility index (Phi) is 5.12. The van der Waals surface area contributed by atoms with Gasteiger partial charge in [0.15, 0.2) is 0 Å². The number of nitrogens with one attached hydrogen (secondary N) is 1. The first kappa shape index (κ1) is 17.6. The molecule has 4 rings (SSSR count). The summed E-state index contributed by atoms with van der Waals surface area (Å²) in [6.07, 6.45) is 5.55. The lowest BCUT2D eigenvalue weighted by Gasteiger charge is -2.21. The largest absolute Gasteiger partial charge is 0.468 e. The van der Waals surface area contributed by atoms with E-state index in [2.05, 4.69) is 29.6 Å². The third-order valence-electron chi connectivity index (χ3n) is 5.15. The van der Waals surface area contributed by atoms with Crippen LogP contribution in [0.15, 0.2) is 76.0 Å². The van der Waals surface area contributed by atoms with E-state index in [1.54, 1.807) is 12.5 Å². The Morgan fingerprint density at radius 2 is 1.56 bits per heavy atom. The van der Waals surface area contributed by atoms with Crippen LogP contribution in [-0.4, -0.2) is 23.9 Å². The van der Waals surface area contributed by atoms with E-state index < -0.39 is 0 Å². The molecule has 1 fully saturated rings. The highest BCUT2D eigenvalue weighted by Crippen LogP contribution is 2.47. The van der Waals surface area contributed by atoms with Crippen LogP contribution in [0.4, 0.5) is 0 Å². The summed E-state index contributed by atoms with van der Waals surface area (Å²) in [4.78, 5) is 14.6. The number of benzene rings is 1. The van der Waals surface area contributed by atoms with E-state index in [0.29, 0.717) is 26.2 Å². The number of amides is 1. The maximum Gasteiger partial charge on any atom is 0.234 e. The van der Waals surface area contributed by atoms with Gasteiger partial charge in [-0.15, -0.1) is 0 Å². The summed E-state index contributed by atoms with van der Waals surface area (Å²) in [5, 5.41) is 3.13. The SMILES string of the molecule is O=C(CN(Cc1ccco1)Cc1ccco1)NCC1(c2ccccc2)CC1. The predicted molar refractivity (Wildman–Crippen MR) is 102 cm³/mol. The van der Waals surface area contributed by atoms with Gasteiger partial charge < -0.3 is 14.2 Å². The quantitative estimate of drug-likeness (QED) is 0.629. The van der Waals surface area contributed by atoms with E-state index in [1.807, 2.05) is 35.2 Å². The molecule has 0 aliphatic heterocycles. The third kappa shape index (κ3) is 4.49. The fourth-order valence-electron chi connectivity index (χ4n) is 3.45. The lowest BCUT2D eigenvalue weighted by atomic mass is 9.96. The van der Waals surface area contributed by atoms with Gasteiger partial charge in [0, 0.05) is 12.0 Å². The van der Waals surface area contributed by atoms with Crippen LogP contribution in [0.2, 0.25) is 0 Å². The molecule has 0 spiro atoms. The molecular formula is C22H24N2O3. The first-order valence-electron chi connectivity index (χ1n) is 9.33. The van der Waals surface area contributed by atoms with Crippen LogP contribution in [0.25, 0.3) is 0 Å². The zero-order chi connectivity index (χ0) is 18.5. The van der Waals surface area contributed by atoms with E-state index in [9.17, 15) is 4.79 Å². The van der Waals surface area contributed by atoms with Gasteiger partial charge in [-0.25, -0.2) is 0 Å². The molecule has 5 heteroatoms. The lowest BCUT2D eigenvalue weighted by Crippen LogP contribution is -2.39. The average Bonchev–Trinajstić information content (AvgIpc) is 3.05. The lowest BCUT2D eigenvalue weighted by molar-refractivity contribution is -0.122. The molecule has 3 aromatic rings. The van der Waals surface area contributed by atoms with Crippen molar-refractivity contribution in [2.75, 3.05) is 13.1 Å². The van der Waals surface area contributed by atoms with Gasteiger partial charge in [-0.05, 0) is 42.7 Å². The fourth-order valence-corrected chi connectivity index (χ4v) is 3.45. The first-order valence-corrected chi connectivity index (χ1v) is 9.33. The van der Waals surface area contributed by atoms with Crippen LogP contribution < -0.4 is 5.32 Å². The van der Waals surface area contributed by atoms with Crippen LogP contribution in [0.5, 0.6) is 0 Å². The minimum atomic E-state index is 0.0234. The molecule has 5 nitrogen and oxygen atoms in total. The Labute approximate surface area is 159 Å². The van der Waals surface area contributed by atoms with Crippen molar-refractivity contribution in [3.63, 3.8) is 0 Å². The number of carbonyl (C=O) groups is 1. The fraction of sp³-hybridized carbons (Fsp3) is 0.318. The standard InChI is InChI=1S/C22H24N2O3/c25-21(23-17-22(10-11-22)18-6-2-1-3-7-18)16-24(14-19-8-4-12-26-19)15-20-9-5-13-27-20/h1-9,12-13H,10-11,14-17H2,(H,23,25). The number of rotatable bonds is 9. The number of hydrogen-bond acceptors (Lipinski definition) is 4. The smallest absolute Gasteiger partial charge is 0.234 e. The highest BCUT2D eigenvalue weighted by Gasteiger charge is 2.44. The van der Waals surface area contributed by atoms with Crippen molar-refractivity contribution in [1.82, 2.24) is 10.2 Å². The van der Waals surface area contributed by atoms with E-state index in [4.69, 9.17) is 8.83 Å². The van der Waals surface area contributed by atoms with Gasteiger partial charge in [-0.2, -0.15) is 0 Å². The number of hydrogen-bond donors (Lipinski definition) is 1. The van der Waals surface area contributed by atoms with E-state index in [1.165, 1.54) is 5.56 Å². The third-order valence-corrected chi connectivity index (χ3v) is 5.15. The van der Waals surface area contributed by atoms with E-state index in [0.717, 1.165) is 24.4 Å². The molecule has 1 saturated carbocycles. The minimum Gasteiger partial charge on any atom is -0.468 e. The van der Waals surface area contributed by atoms with Gasteiger partial charge in [-0.3, -0.25) is 9.69 Å². The molecule has 1 aliphatic carbocycles. The second kappa shape index (κ2) is 7.84. The predicted octanol–water partition coefficient (Wildman–Crippen LogP) is 3.72. The molecule has 1 amide bonds. The van der Waals surface area contributed by atoms with Crippen LogP contribution in [0, 0.1) is 0 Å². The number of nitrogens with zero attached hydrogens (tertiary/aromatic N) is 1. The van der Waals surface area contributed by atoms with Gasteiger partial charge in [0.2, 0.25) is 5.91 Å². The molecule has 0 radical (unpaired) electrons. The normalized spacial score (nSPS) is 15.0. The van der Waals surface area contributed by atoms with Gasteiger partial charge >= 0.3 is 0 Å². The molecule has 0 atom stereocenters. The molecule has 1 N–H and O–H groups in total. The van der Waals surface area contributed by atoms with Gasteiger partial charge in [0.05, 0.1) is 32.2 Å². The van der Waals surface area contributed by atoms with Crippen molar-refractivity contribution in [1.29, 1.82) is 0 Å². The maximum atomic E-state index is 12.6. The highest BCUT2D eigenvalue weighted by molar-refractivity contribution is 5.78. The highest BCUT2D eigenvalue weighted by atomic mass is 16.3. The summed E-state index contributed by atoms with van der Waals surface area (Å²) >= 11 is 0. The van der Waals surface area contributed by atoms with Crippen molar-refractivity contribution < 1.29 is 13.6 Å². The second-order valence-electron chi connectivity index (χ2n) is 7.23. The van der Waals surface area contributed by atoms with Crippen molar-refractivity contribution in [3.05, 3.63) is 84.2 Å². The monoisotopic (exact) mass is 364 g/mol. The zero-order valence-corrected chi connectivity index (χ0v) is 15.3.